The number of nitrogens with one attached hydrogen (secondary N) is 3. The number of hydrogen-bond donors (Lipinski definition) is 3. The molecular weight excluding hydrogens is 441 g/mol. The van der Waals surface area contributed by atoms with Crippen LogP contribution in [0.15, 0.2) is 60.7 Å². The van der Waals surface area contributed by atoms with Gasteiger partial charge in [-0.1, -0.05) is 48.0 Å². The highest BCUT2D eigenvalue weighted by Crippen LogP contribution is 2.46. The third-order valence-corrected chi connectivity index (χ3v) is 6.84. The maximum absolute atomic E-state index is 13.1. The molecule has 33 heavy (non-hydrogen) atoms. The lowest BCUT2D eigenvalue weighted by molar-refractivity contribution is -0.146. The summed E-state index contributed by atoms with van der Waals surface area (Å²) >= 11 is 6.08. The minimum absolute atomic E-state index is 0.403. The first-order valence-corrected chi connectivity index (χ1v) is 11.1. The molecule has 5 rings (SSSR count). The average Bonchev–Trinajstić information content (AvgIpc) is 3.24. The second-order valence-corrected chi connectivity index (χ2v) is 8.74. The van der Waals surface area contributed by atoms with Gasteiger partial charge in [-0.15, -0.1) is 0 Å². The van der Waals surface area contributed by atoms with Gasteiger partial charge in [0.15, 0.2) is 0 Å². The zero-order valence-electron chi connectivity index (χ0n) is 18.2. The van der Waals surface area contributed by atoms with Crippen LogP contribution in [0.5, 0.6) is 0 Å². The topological polar surface area (TPSA) is 88.7 Å². The number of esters is 2. The first-order chi connectivity index (χ1) is 16.0. The summed E-state index contributed by atoms with van der Waals surface area (Å²) in [5.74, 6) is -2.01. The molecule has 2 aliphatic rings. The predicted octanol–water partition coefficient (Wildman–Crippen LogP) is 3.86. The van der Waals surface area contributed by atoms with E-state index in [1.165, 1.54) is 14.2 Å². The molecule has 3 N–H and O–H groups in total. The van der Waals surface area contributed by atoms with Crippen molar-refractivity contribution in [3.63, 3.8) is 0 Å². The molecule has 7 nitrogen and oxygen atoms in total. The minimum Gasteiger partial charge on any atom is -0.469 e. The maximum atomic E-state index is 13.1. The average molecular weight is 464 g/mol. The molecule has 3 aromatic carbocycles. The van der Waals surface area contributed by atoms with E-state index in [9.17, 15) is 9.59 Å². The van der Waals surface area contributed by atoms with Crippen LogP contribution in [0.2, 0.25) is 10.8 Å². The van der Waals surface area contributed by atoms with Crippen LogP contribution in [0.25, 0.3) is 10.8 Å². The first-order valence-electron chi connectivity index (χ1n) is 10.7. The van der Waals surface area contributed by atoms with Gasteiger partial charge in [-0.25, -0.2) is 0 Å². The highest BCUT2D eigenvalue weighted by molar-refractivity contribution is 6.70. The van der Waals surface area contributed by atoms with Crippen molar-refractivity contribution < 1.29 is 19.1 Å². The van der Waals surface area contributed by atoms with Crippen LogP contribution in [-0.2, 0) is 19.1 Å². The summed E-state index contributed by atoms with van der Waals surface area (Å²) in [5.41, 5.74) is 2.72. The van der Waals surface area contributed by atoms with Gasteiger partial charge in [0.05, 0.1) is 20.1 Å². The number of carbonyl (C=O) groups is 2. The summed E-state index contributed by atoms with van der Waals surface area (Å²) in [5, 5.41) is 13.1. The van der Waals surface area contributed by atoms with Crippen molar-refractivity contribution in [3.8, 4) is 0 Å². The summed E-state index contributed by atoms with van der Waals surface area (Å²) in [7, 11) is 2.71. The summed E-state index contributed by atoms with van der Waals surface area (Å²) in [4.78, 5) is 26.0. The molecule has 168 valence electrons. The number of rotatable bonds is 4. The molecule has 0 aromatic heterocycles. The van der Waals surface area contributed by atoms with Crippen LogP contribution >= 0.6 is 11.6 Å². The van der Waals surface area contributed by atoms with E-state index in [0.717, 1.165) is 27.7 Å². The van der Waals surface area contributed by atoms with E-state index in [-0.39, 0.29) is 0 Å². The van der Waals surface area contributed by atoms with Gasteiger partial charge in [-0.05, 0) is 35.2 Å². The zero-order valence-corrected chi connectivity index (χ0v) is 18.9. The predicted molar refractivity (Wildman–Crippen MR) is 129 cm³/mol. The Labute approximate surface area is 196 Å². The second-order valence-electron chi connectivity index (χ2n) is 8.30. The quantitative estimate of drug-likeness (QED) is 0.400. The molecule has 4 atom stereocenters. The van der Waals surface area contributed by atoms with E-state index in [1.54, 1.807) is 12.1 Å². The van der Waals surface area contributed by atoms with Crippen molar-refractivity contribution in [2.24, 2.45) is 5.92 Å². The fourth-order valence-corrected chi connectivity index (χ4v) is 5.26. The van der Waals surface area contributed by atoms with Gasteiger partial charge in [0.2, 0.25) is 0 Å². The van der Waals surface area contributed by atoms with Crippen LogP contribution < -0.4 is 15.8 Å². The fraction of sp³-hybridized carbons (Fsp3) is 0.250. The maximum Gasteiger partial charge on any atom is 0.376 e. The third-order valence-electron chi connectivity index (χ3n) is 6.59. The first kappa shape index (κ1) is 21.6. The molecule has 1 fully saturated rings. The summed E-state index contributed by atoms with van der Waals surface area (Å²) in [6, 6.07) is 18.1. The monoisotopic (exact) mass is 463 g/mol. The van der Waals surface area contributed by atoms with Gasteiger partial charge >= 0.3 is 18.9 Å². The largest absolute Gasteiger partial charge is 0.469 e. The lowest BCUT2D eigenvalue weighted by Gasteiger charge is -2.33. The van der Waals surface area contributed by atoms with Crippen molar-refractivity contribution in [2.75, 3.05) is 24.7 Å². The van der Waals surface area contributed by atoms with E-state index in [0.29, 0.717) is 5.02 Å². The van der Waals surface area contributed by atoms with Crippen molar-refractivity contribution in [2.45, 2.75) is 17.9 Å². The molecule has 0 saturated carbocycles. The SMILES string of the molecule is COC(=O)[C@H]1[C@H](B2Nc3cccc4cccc(c34)N2)[C@@H](C(=O)OC)N[C@H]1c1ccc(Cl)cc1. The van der Waals surface area contributed by atoms with Crippen LogP contribution in [0.1, 0.15) is 11.6 Å². The molecule has 0 spiro atoms. The van der Waals surface area contributed by atoms with Crippen molar-refractivity contribution in [1.29, 1.82) is 0 Å². The fourth-order valence-electron chi connectivity index (χ4n) is 5.14. The normalized spacial score (nSPS) is 23.5. The van der Waals surface area contributed by atoms with E-state index in [2.05, 4.69) is 15.8 Å². The van der Waals surface area contributed by atoms with Crippen molar-refractivity contribution >= 4 is 52.7 Å². The minimum atomic E-state index is -0.741. The van der Waals surface area contributed by atoms with Gasteiger partial charge in [0.25, 0.3) is 0 Å². The van der Waals surface area contributed by atoms with E-state index in [1.807, 2.05) is 48.5 Å². The Morgan fingerprint density at radius 3 is 2.06 bits per heavy atom. The number of halogens is 1. The highest BCUT2D eigenvalue weighted by atomic mass is 35.5. The molecule has 0 amide bonds. The van der Waals surface area contributed by atoms with E-state index < -0.39 is 42.7 Å². The lowest BCUT2D eigenvalue weighted by atomic mass is 9.53. The molecule has 3 aromatic rings. The van der Waals surface area contributed by atoms with Crippen molar-refractivity contribution in [3.05, 3.63) is 71.2 Å². The Balaban J connectivity index is 1.58. The Morgan fingerprint density at radius 1 is 0.879 bits per heavy atom. The molecule has 0 aliphatic carbocycles. The van der Waals surface area contributed by atoms with Crippen LogP contribution in [0.3, 0.4) is 0 Å². The number of ether oxygens (including phenoxy) is 2. The van der Waals surface area contributed by atoms with Gasteiger partial charge in [-0.2, -0.15) is 0 Å². The van der Waals surface area contributed by atoms with Gasteiger partial charge < -0.3 is 19.9 Å². The zero-order chi connectivity index (χ0) is 23.1. The molecule has 2 heterocycles. The highest BCUT2D eigenvalue weighted by Gasteiger charge is 2.56. The van der Waals surface area contributed by atoms with E-state index in [4.69, 9.17) is 21.1 Å². The van der Waals surface area contributed by atoms with Crippen LogP contribution in [0.4, 0.5) is 11.4 Å². The third kappa shape index (κ3) is 3.69. The summed E-state index contributed by atoms with van der Waals surface area (Å²) in [6.45, 7) is -0.427. The Kier molecular flexibility index (Phi) is 5.64. The number of benzene rings is 3. The number of hydrogen-bond acceptors (Lipinski definition) is 7. The van der Waals surface area contributed by atoms with Gasteiger partial charge in [0, 0.05) is 33.6 Å². The van der Waals surface area contributed by atoms with Gasteiger partial charge in [-0.3, -0.25) is 14.9 Å². The second kappa shape index (κ2) is 8.61. The molecule has 1 saturated heterocycles. The summed E-state index contributed by atoms with van der Waals surface area (Å²) < 4.78 is 10.3. The molecular formula is C24H23BClN3O4. The molecule has 0 unspecified atom stereocenters. The Hall–Kier alpha value is -3.23. The lowest BCUT2D eigenvalue weighted by Crippen LogP contribution is -2.50. The molecule has 0 bridgehead atoms. The Bertz CT molecular complexity index is 1180. The van der Waals surface area contributed by atoms with E-state index >= 15 is 0 Å². The standard InChI is InChI=1S/C24H23BClN3O4/c1-32-23(30)19-20(22(24(31)33-2)27-21(19)14-9-11-15(26)12-10-14)25-28-16-7-3-5-13-6-4-8-17(29-25)18(13)16/h3-12,19-22,27-29H,1-2H3/t19-,20-,21-,22-/m0/s1. The molecule has 2 aliphatic heterocycles. The van der Waals surface area contributed by atoms with Gasteiger partial charge in [0.1, 0.15) is 6.04 Å². The van der Waals surface area contributed by atoms with Crippen LogP contribution in [-0.4, -0.2) is 39.2 Å². The van der Waals surface area contributed by atoms with Crippen molar-refractivity contribution in [1.82, 2.24) is 5.32 Å². The molecule has 0 radical (unpaired) electrons. The summed E-state index contributed by atoms with van der Waals surface area (Å²) in [6.07, 6.45) is 0. The Morgan fingerprint density at radius 2 is 1.48 bits per heavy atom. The number of anilines is 2. The van der Waals surface area contributed by atoms with Crippen LogP contribution in [0, 0.1) is 5.92 Å². The smallest absolute Gasteiger partial charge is 0.376 e. The molecule has 9 heteroatoms. The number of carbonyl (C=O) groups excluding carboxylic acids is 2. The number of methoxy groups -OCH3 is 2.